The average Bonchev–Trinajstić information content (AvgIpc) is 2.39. The third kappa shape index (κ3) is 4.83. The summed E-state index contributed by atoms with van der Waals surface area (Å²) >= 11 is 5.80. The highest BCUT2D eigenvalue weighted by atomic mass is 35.5. The van der Waals surface area contributed by atoms with E-state index in [2.05, 4.69) is 5.32 Å². The zero-order valence-corrected chi connectivity index (χ0v) is 12.2. The first-order valence-electron chi connectivity index (χ1n) is 6.28. The monoisotopic (exact) mass is 299 g/mol. The lowest BCUT2D eigenvalue weighted by atomic mass is 10.0. The summed E-state index contributed by atoms with van der Waals surface area (Å²) in [5, 5.41) is 12.2. The van der Waals surface area contributed by atoms with Gasteiger partial charge in [-0.15, -0.1) is 0 Å². The number of carbonyl (C=O) groups excluding carboxylic acids is 1. The van der Waals surface area contributed by atoms with Crippen molar-refractivity contribution < 1.29 is 19.4 Å². The highest BCUT2D eigenvalue weighted by molar-refractivity contribution is 6.30. The Morgan fingerprint density at radius 2 is 1.95 bits per heavy atom. The highest BCUT2D eigenvalue weighted by Crippen LogP contribution is 2.20. The minimum absolute atomic E-state index is 0.201. The number of aliphatic carboxylic acids is 1. The van der Waals surface area contributed by atoms with E-state index < -0.39 is 18.1 Å². The molecule has 20 heavy (non-hydrogen) atoms. The van der Waals surface area contributed by atoms with E-state index in [1.54, 1.807) is 24.3 Å². The predicted molar refractivity (Wildman–Crippen MR) is 75.7 cm³/mol. The molecule has 6 heteroatoms. The topological polar surface area (TPSA) is 75.6 Å². The molecule has 2 atom stereocenters. The number of benzene rings is 1. The Bertz CT molecular complexity index is 457. The molecule has 0 radical (unpaired) electrons. The predicted octanol–water partition coefficient (Wildman–Crippen LogP) is 2.40. The van der Waals surface area contributed by atoms with Crippen molar-refractivity contribution in [2.45, 2.75) is 31.9 Å². The number of carbonyl (C=O) groups is 2. The van der Waals surface area contributed by atoms with E-state index in [0.717, 1.165) is 0 Å². The van der Waals surface area contributed by atoms with Crippen LogP contribution >= 0.6 is 11.6 Å². The van der Waals surface area contributed by atoms with Crippen LogP contribution in [-0.2, 0) is 14.3 Å². The molecule has 0 aliphatic carbocycles. The van der Waals surface area contributed by atoms with Crippen LogP contribution in [0, 0.1) is 0 Å². The minimum atomic E-state index is -0.990. The van der Waals surface area contributed by atoms with Gasteiger partial charge >= 0.3 is 5.97 Å². The SMILES string of the molecule is CCC(OC)C(=O)N[C@@H](CC(=O)O)c1ccc(Cl)cc1. The first kappa shape index (κ1) is 16.5. The van der Waals surface area contributed by atoms with Gasteiger partial charge in [-0.1, -0.05) is 30.7 Å². The van der Waals surface area contributed by atoms with Gasteiger partial charge in [0.1, 0.15) is 6.10 Å². The number of hydrogen-bond donors (Lipinski definition) is 2. The van der Waals surface area contributed by atoms with Crippen molar-refractivity contribution in [3.05, 3.63) is 34.9 Å². The number of rotatable bonds is 7. The molecule has 0 fully saturated rings. The van der Waals surface area contributed by atoms with Crippen LogP contribution < -0.4 is 5.32 Å². The summed E-state index contributed by atoms with van der Waals surface area (Å²) in [6.07, 6.45) is -0.269. The molecule has 0 saturated heterocycles. The quantitative estimate of drug-likeness (QED) is 0.810. The van der Waals surface area contributed by atoms with E-state index in [1.165, 1.54) is 7.11 Å². The maximum atomic E-state index is 12.0. The lowest BCUT2D eigenvalue weighted by Crippen LogP contribution is -2.38. The molecule has 0 aliphatic heterocycles. The van der Waals surface area contributed by atoms with Gasteiger partial charge in [-0.05, 0) is 24.1 Å². The summed E-state index contributed by atoms with van der Waals surface area (Å²) in [6, 6.07) is 6.10. The first-order chi connectivity index (χ1) is 9.47. The Kier molecular flexibility index (Phi) is 6.48. The average molecular weight is 300 g/mol. The summed E-state index contributed by atoms with van der Waals surface area (Å²) in [4.78, 5) is 22.9. The molecule has 1 aromatic rings. The molecule has 1 rings (SSSR count). The zero-order chi connectivity index (χ0) is 15.1. The summed E-state index contributed by atoms with van der Waals surface area (Å²) in [5.41, 5.74) is 0.691. The fourth-order valence-corrected chi connectivity index (χ4v) is 1.97. The number of carboxylic acid groups (broad SMARTS) is 1. The molecular weight excluding hydrogens is 282 g/mol. The summed E-state index contributed by atoms with van der Waals surface area (Å²) in [5.74, 6) is -1.31. The second-order valence-electron chi connectivity index (χ2n) is 4.34. The lowest BCUT2D eigenvalue weighted by molar-refractivity contribution is -0.138. The molecule has 0 aromatic heterocycles. The van der Waals surface area contributed by atoms with E-state index in [9.17, 15) is 9.59 Å². The Balaban J connectivity index is 2.87. The smallest absolute Gasteiger partial charge is 0.305 e. The molecule has 0 spiro atoms. The number of methoxy groups -OCH3 is 1. The van der Waals surface area contributed by atoms with Gasteiger partial charge in [-0.3, -0.25) is 9.59 Å². The van der Waals surface area contributed by atoms with E-state index >= 15 is 0 Å². The van der Waals surface area contributed by atoms with Crippen molar-refractivity contribution in [3.63, 3.8) is 0 Å². The van der Waals surface area contributed by atoms with Crippen LogP contribution in [0.3, 0.4) is 0 Å². The number of halogens is 1. The van der Waals surface area contributed by atoms with Crippen molar-refractivity contribution >= 4 is 23.5 Å². The Labute approximate surface area is 122 Å². The van der Waals surface area contributed by atoms with Crippen molar-refractivity contribution in [2.24, 2.45) is 0 Å². The van der Waals surface area contributed by atoms with Crippen LogP contribution in [0.15, 0.2) is 24.3 Å². The summed E-state index contributed by atoms with van der Waals surface area (Å²) < 4.78 is 5.04. The number of hydrogen-bond acceptors (Lipinski definition) is 3. The van der Waals surface area contributed by atoms with Gasteiger partial charge in [-0.2, -0.15) is 0 Å². The second-order valence-corrected chi connectivity index (χ2v) is 4.78. The van der Waals surface area contributed by atoms with Crippen molar-refractivity contribution in [1.82, 2.24) is 5.32 Å². The molecule has 5 nitrogen and oxygen atoms in total. The molecule has 1 aromatic carbocycles. The molecule has 0 saturated carbocycles. The summed E-state index contributed by atoms with van der Waals surface area (Å²) in [7, 11) is 1.45. The fourth-order valence-electron chi connectivity index (χ4n) is 1.85. The van der Waals surface area contributed by atoms with Gasteiger partial charge in [0.25, 0.3) is 0 Å². The van der Waals surface area contributed by atoms with Gasteiger partial charge < -0.3 is 15.2 Å². The molecule has 1 unspecified atom stereocenters. The molecule has 1 amide bonds. The van der Waals surface area contributed by atoms with Crippen LogP contribution in [0.4, 0.5) is 0 Å². The zero-order valence-electron chi connectivity index (χ0n) is 11.4. The standard InChI is InChI=1S/C14H18ClNO4/c1-3-12(20-2)14(19)16-11(8-13(17)18)9-4-6-10(15)7-5-9/h4-7,11-12H,3,8H2,1-2H3,(H,16,19)(H,17,18)/t11-,12?/m0/s1. The molecular formula is C14H18ClNO4. The third-order valence-electron chi connectivity index (χ3n) is 2.92. The Morgan fingerprint density at radius 1 is 1.35 bits per heavy atom. The third-order valence-corrected chi connectivity index (χ3v) is 3.17. The lowest BCUT2D eigenvalue weighted by Gasteiger charge is -2.20. The van der Waals surface area contributed by atoms with Gasteiger partial charge in [0.05, 0.1) is 12.5 Å². The largest absolute Gasteiger partial charge is 0.481 e. The van der Waals surface area contributed by atoms with E-state index in [0.29, 0.717) is 17.0 Å². The molecule has 0 bridgehead atoms. The Hall–Kier alpha value is -1.59. The second kappa shape index (κ2) is 7.87. The van der Waals surface area contributed by atoms with Gasteiger partial charge in [0.15, 0.2) is 0 Å². The van der Waals surface area contributed by atoms with E-state index in [4.69, 9.17) is 21.4 Å². The number of nitrogens with one attached hydrogen (secondary N) is 1. The van der Waals surface area contributed by atoms with Crippen LogP contribution in [0.2, 0.25) is 5.02 Å². The van der Waals surface area contributed by atoms with Gasteiger partial charge in [0.2, 0.25) is 5.91 Å². The normalized spacial score (nSPS) is 13.6. The number of ether oxygens (including phenoxy) is 1. The van der Waals surface area contributed by atoms with Gasteiger partial charge in [-0.25, -0.2) is 0 Å². The van der Waals surface area contributed by atoms with Crippen molar-refractivity contribution in [2.75, 3.05) is 7.11 Å². The Morgan fingerprint density at radius 3 is 2.40 bits per heavy atom. The number of carboxylic acids is 1. The number of amides is 1. The first-order valence-corrected chi connectivity index (χ1v) is 6.66. The van der Waals surface area contributed by atoms with Crippen molar-refractivity contribution in [3.8, 4) is 0 Å². The van der Waals surface area contributed by atoms with Crippen LogP contribution in [0.25, 0.3) is 0 Å². The maximum absolute atomic E-state index is 12.0. The molecule has 0 heterocycles. The highest BCUT2D eigenvalue weighted by Gasteiger charge is 2.22. The maximum Gasteiger partial charge on any atom is 0.305 e. The summed E-state index contributed by atoms with van der Waals surface area (Å²) in [6.45, 7) is 1.82. The molecule has 110 valence electrons. The van der Waals surface area contributed by atoms with Gasteiger partial charge in [0, 0.05) is 12.1 Å². The fraction of sp³-hybridized carbons (Fsp3) is 0.429. The van der Waals surface area contributed by atoms with Crippen LogP contribution in [-0.4, -0.2) is 30.2 Å². The minimum Gasteiger partial charge on any atom is -0.481 e. The molecule has 0 aliphatic rings. The van der Waals surface area contributed by atoms with Crippen molar-refractivity contribution in [1.29, 1.82) is 0 Å². The van der Waals surface area contributed by atoms with E-state index in [1.807, 2.05) is 6.92 Å². The van der Waals surface area contributed by atoms with E-state index in [-0.39, 0.29) is 12.3 Å². The van der Waals surface area contributed by atoms with Crippen LogP contribution in [0.5, 0.6) is 0 Å². The van der Waals surface area contributed by atoms with Crippen LogP contribution in [0.1, 0.15) is 31.4 Å². The molecule has 2 N–H and O–H groups in total.